The molecule has 2 aliphatic rings. The number of nitrogens with one attached hydrogen (secondary N) is 1. The summed E-state index contributed by atoms with van der Waals surface area (Å²) in [4.78, 5) is 27.4. The standard InChI is InChI=1S/C14H17N3O2/c1-16-6-7-17(9-13(16)18)14(19)12-8-10-4-2-3-5-11(10)15-12/h2-5,12,15H,6-9H2,1H3/t12-/m0/s1. The van der Waals surface area contributed by atoms with Crippen molar-refractivity contribution in [2.24, 2.45) is 0 Å². The molecule has 1 aromatic carbocycles. The van der Waals surface area contributed by atoms with Crippen molar-refractivity contribution in [3.8, 4) is 0 Å². The molecular formula is C14H17N3O2. The summed E-state index contributed by atoms with van der Waals surface area (Å²) in [6.07, 6.45) is 0.704. The molecule has 1 saturated heterocycles. The highest BCUT2D eigenvalue weighted by Crippen LogP contribution is 2.26. The number of hydrogen-bond acceptors (Lipinski definition) is 3. The number of carbonyl (C=O) groups excluding carboxylic acids is 2. The number of fused-ring (bicyclic) bond motifs is 1. The van der Waals surface area contributed by atoms with Crippen LogP contribution in [0.3, 0.4) is 0 Å². The van der Waals surface area contributed by atoms with Crippen molar-refractivity contribution in [1.82, 2.24) is 9.80 Å². The molecule has 5 heteroatoms. The Labute approximate surface area is 112 Å². The Balaban J connectivity index is 1.68. The minimum Gasteiger partial charge on any atom is -0.373 e. The summed E-state index contributed by atoms with van der Waals surface area (Å²) in [5.74, 6) is 0.0350. The van der Waals surface area contributed by atoms with Crippen LogP contribution in [0.5, 0.6) is 0 Å². The first kappa shape index (κ1) is 12.0. The third-order valence-corrected chi connectivity index (χ3v) is 3.84. The lowest BCUT2D eigenvalue weighted by Crippen LogP contribution is -2.54. The second-order valence-electron chi connectivity index (χ2n) is 5.13. The molecule has 1 atom stereocenters. The Bertz CT molecular complexity index is 504. The van der Waals surface area contributed by atoms with Gasteiger partial charge in [0.25, 0.3) is 0 Å². The lowest BCUT2D eigenvalue weighted by atomic mass is 10.1. The normalized spacial score (nSPS) is 22.2. The first-order valence-electron chi connectivity index (χ1n) is 6.52. The van der Waals surface area contributed by atoms with Gasteiger partial charge in [0, 0.05) is 32.2 Å². The molecule has 0 unspecified atom stereocenters. The average Bonchev–Trinajstić information content (AvgIpc) is 2.85. The smallest absolute Gasteiger partial charge is 0.245 e. The Morgan fingerprint density at radius 1 is 1.32 bits per heavy atom. The van der Waals surface area contributed by atoms with Crippen LogP contribution in [0.15, 0.2) is 24.3 Å². The molecule has 0 saturated carbocycles. The molecule has 2 heterocycles. The van der Waals surface area contributed by atoms with Gasteiger partial charge in [0.15, 0.2) is 0 Å². The highest BCUT2D eigenvalue weighted by atomic mass is 16.2. The van der Waals surface area contributed by atoms with Gasteiger partial charge in [-0.1, -0.05) is 18.2 Å². The van der Waals surface area contributed by atoms with Crippen molar-refractivity contribution in [2.75, 3.05) is 32.0 Å². The topological polar surface area (TPSA) is 52.6 Å². The number of amides is 2. The summed E-state index contributed by atoms with van der Waals surface area (Å²) in [7, 11) is 1.77. The number of para-hydroxylation sites is 1. The van der Waals surface area contributed by atoms with E-state index < -0.39 is 0 Å². The van der Waals surface area contributed by atoms with Gasteiger partial charge in [-0.25, -0.2) is 0 Å². The first-order valence-corrected chi connectivity index (χ1v) is 6.52. The molecule has 0 radical (unpaired) electrons. The van der Waals surface area contributed by atoms with E-state index >= 15 is 0 Å². The Morgan fingerprint density at radius 2 is 2.11 bits per heavy atom. The maximum atomic E-state index is 12.4. The maximum Gasteiger partial charge on any atom is 0.245 e. The molecule has 0 spiro atoms. The number of likely N-dealkylation sites (N-methyl/N-ethyl adjacent to an activating group) is 1. The van der Waals surface area contributed by atoms with Crippen LogP contribution >= 0.6 is 0 Å². The summed E-state index contributed by atoms with van der Waals surface area (Å²) in [6.45, 7) is 1.43. The van der Waals surface area contributed by atoms with E-state index in [9.17, 15) is 9.59 Å². The van der Waals surface area contributed by atoms with E-state index in [0.29, 0.717) is 19.5 Å². The van der Waals surface area contributed by atoms with E-state index in [1.54, 1.807) is 16.8 Å². The third-order valence-electron chi connectivity index (χ3n) is 3.84. The number of carbonyl (C=O) groups is 2. The van der Waals surface area contributed by atoms with Gasteiger partial charge in [0.05, 0.1) is 6.54 Å². The minimum atomic E-state index is -0.228. The maximum absolute atomic E-state index is 12.4. The fraction of sp³-hybridized carbons (Fsp3) is 0.429. The van der Waals surface area contributed by atoms with E-state index in [-0.39, 0.29) is 24.4 Å². The number of benzene rings is 1. The van der Waals surface area contributed by atoms with Crippen LogP contribution in [0.4, 0.5) is 5.69 Å². The second kappa shape index (κ2) is 4.57. The van der Waals surface area contributed by atoms with Crippen molar-refractivity contribution in [1.29, 1.82) is 0 Å². The summed E-state index contributed by atoms with van der Waals surface area (Å²) < 4.78 is 0. The van der Waals surface area contributed by atoms with Crippen LogP contribution in [-0.4, -0.2) is 54.3 Å². The fourth-order valence-corrected chi connectivity index (χ4v) is 2.61. The minimum absolute atomic E-state index is 0.00936. The van der Waals surface area contributed by atoms with E-state index in [1.165, 1.54) is 5.56 Å². The predicted molar refractivity (Wildman–Crippen MR) is 71.8 cm³/mol. The molecule has 19 heavy (non-hydrogen) atoms. The SMILES string of the molecule is CN1CCN(C(=O)[C@@H]2Cc3ccccc3N2)CC1=O. The average molecular weight is 259 g/mol. The van der Waals surface area contributed by atoms with E-state index in [4.69, 9.17) is 0 Å². The van der Waals surface area contributed by atoms with Crippen LogP contribution in [0, 0.1) is 0 Å². The summed E-state index contributed by atoms with van der Waals surface area (Å²) in [5, 5.41) is 3.24. The molecule has 2 amide bonds. The highest BCUT2D eigenvalue weighted by Gasteiger charge is 2.33. The molecule has 1 N–H and O–H groups in total. The van der Waals surface area contributed by atoms with Gasteiger partial charge in [-0.3, -0.25) is 9.59 Å². The lowest BCUT2D eigenvalue weighted by molar-refractivity contribution is -0.144. The molecule has 1 aromatic rings. The van der Waals surface area contributed by atoms with Gasteiger partial charge in [0.2, 0.25) is 11.8 Å². The zero-order chi connectivity index (χ0) is 13.4. The largest absolute Gasteiger partial charge is 0.373 e. The van der Waals surface area contributed by atoms with Crippen molar-refractivity contribution >= 4 is 17.5 Å². The van der Waals surface area contributed by atoms with Crippen molar-refractivity contribution < 1.29 is 9.59 Å². The second-order valence-corrected chi connectivity index (χ2v) is 5.13. The lowest BCUT2D eigenvalue weighted by Gasteiger charge is -2.33. The van der Waals surface area contributed by atoms with E-state index in [0.717, 1.165) is 5.69 Å². The number of nitrogens with zero attached hydrogens (tertiary/aromatic N) is 2. The summed E-state index contributed by atoms with van der Waals surface area (Å²) in [5.41, 5.74) is 2.20. The van der Waals surface area contributed by atoms with Crippen LogP contribution in [0.1, 0.15) is 5.56 Å². The molecule has 2 aliphatic heterocycles. The van der Waals surface area contributed by atoms with Crippen LogP contribution in [0.25, 0.3) is 0 Å². The molecule has 100 valence electrons. The molecule has 1 fully saturated rings. The molecule has 0 aromatic heterocycles. The monoisotopic (exact) mass is 259 g/mol. The van der Waals surface area contributed by atoms with Gasteiger partial charge in [0.1, 0.15) is 6.04 Å². The Morgan fingerprint density at radius 3 is 2.84 bits per heavy atom. The number of anilines is 1. The van der Waals surface area contributed by atoms with E-state index in [1.807, 2.05) is 24.3 Å². The quantitative estimate of drug-likeness (QED) is 0.790. The van der Waals surface area contributed by atoms with Gasteiger partial charge < -0.3 is 15.1 Å². The van der Waals surface area contributed by atoms with Crippen LogP contribution < -0.4 is 5.32 Å². The van der Waals surface area contributed by atoms with Crippen molar-refractivity contribution in [3.63, 3.8) is 0 Å². The zero-order valence-electron chi connectivity index (χ0n) is 10.9. The molecule has 5 nitrogen and oxygen atoms in total. The zero-order valence-corrected chi connectivity index (χ0v) is 10.9. The third kappa shape index (κ3) is 2.16. The number of piperazine rings is 1. The van der Waals surface area contributed by atoms with Gasteiger partial charge in [-0.2, -0.15) is 0 Å². The van der Waals surface area contributed by atoms with Gasteiger partial charge >= 0.3 is 0 Å². The van der Waals surface area contributed by atoms with Gasteiger partial charge in [-0.15, -0.1) is 0 Å². The molecule has 0 bridgehead atoms. The first-order chi connectivity index (χ1) is 9.15. The number of hydrogen-bond donors (Lipinski definition) is 1. The van der Waals surface area contributed by atoms with E-state index in [2.05, 4.69) is 5.32 Å². The van der Waals surface area contributed by atoms with Crippen LogP contribution in [0.2, 0.25) is 0 Å². The highest BCUT2D eigenvalue weighted by molar-refractivity contribution is 5.91. The predicted octanol–water partition coefficient (Wildman–Crippen LogP) is 0.324. The fourth-order valence-electron chi connectivity index (χ4n) is 2.61. The van der Waals surface area contributed by atoms with Crippen LogP contribution in [-0.2, 0) is 16.0 Å². The molecular weight excluding hydrogens is 242 g/mol. The molecule has 3 rings (SSSR count). The van der Waals surface area contributed by atoms with Crippen molar-refractivity contribution in [2.45, 2.75) is 12.5 Å². The Kier molecular flexibility index (Phi) is 2.89. The summed E-state index contributed by atoms with van der Waals surface area (Å²) in [6, 6.07) is 7.72. The summed E-state index contributed by atoms with van der Waals surface area (Å²) >= 11 is 0. The Hall–Kier alpha value is -2.04. The van der Waals surface area contributed by atoms with Crippen molar-refractivity contribution in [3.05, 3.63) is 29.8 Å². The molecule has 0 aliphatic carbocycles. The number of rotatable bonds is 1. The van der Waals surface area contributed by atoms with Gasteiger partial charge in [-0.05, 0) is 11.6 Å².